The SMILES string of the molecule is O=C1CSc2ccc(S(=O)(=O)Nc3ccc(Cl)cc3)cc2N1. The number of halogens is 1. The van der Waals surface area contributed by atoms with Crippen molar-refractivity contribution in [2.75, 3.05) is 15.8 Å². The number of thioether (sulfide) groups is 1. The molecule has 8 heteroatoms. The number of rotatable bonds is 3. The highest BCUT2D eigenvalue weighted by Crippen LogP contribution is 2.33. The first kappa shape index (κ1) is 15.2. The van der Waals surface area contributed by atoms with Crippen LogP contribution < -0.4 is 10.0 Å². The second-order valence-corrected chi connectivity index (χ2v) is 7.74. The van der Waals surface area contributed by atoms with Crippen LogP contribution in [0.15, 0.2) is 52.3 Å². The first-order chi connectivity index (χ1) is 10.4. The summed E-state index contributed by atoms with van der Waals surface area (Å²) < 4.78 is 27.3. The van der Waals surface area contributed by atoms with E-state index in [4.69, 9.17) is 11.6 Å². The van der Waals surface area contributed by atoms with Gasteiger partial charge in [-0.25, -0.2) is 8.42 Å². The van der Waals surface area contributed by atoms with Crippen LogP contribution in [0, 0.1) is 0 Å². The monoisotopic (exact) mass is 354 g/mol. The van der Waals surface area contributed by atoms with E-state index in [2.05, 4.69) is 10.0 Å². The van der Waals surface area contributed by atoms with E-state index in [9.17, 15) is 13.2 Å². The quantitative estimate of drug-likeness (QED) is 0.887. The average molecular weight is 355 g/mol. The Hall–Kier alpha value is -1.70. The van der Waals surface area contributed by atoms with Gasteiger partial charge in [0.25, 0.3) is 10.0 Å². The minimum absolute atomic E-state index is 0.0870. The molecule has 1 aliphatic heterocycles. The normalized spacial score (nSPS) is 14.1. The van der Waals surface area contributed by atoms with Crippen molar-refractivity contribution in [2.24, 2.45) is 0 Å². The lowest BCUT2D eigenvalue weighted by Gasteiger charge is -2.17. The zero-order valence-electron chi connectivity index (χ0n) is 11.2. The van der Waals surface area contributed by atoms with Crippen molar-refractivity contribution < 1.29 is 13.2 Å². The molecule has 2 aromatic rings. The molecule has 2 aromatic carbocycles. The van der Waals surface area contributed by atoms with E-state index in [0.29, 0.717) is 22.2 Å². The fourth-order valence-corrected chi connectivity index (χ4v) is 3.96. The summed E-state index contributed by atoms with van der Waals surface area (Å²) in [6.07, 6.45) is 0. The number of hydrogen-bond donors (Lipinski definition) is 2. The van der Waals surface area contributed by atoms with Gasteiger partial charge in [0, 0.05) is 15.6 Å². The van der Waals surface area contributed by atoms with E-state index >= 15 is 0 Å². The van der Waals surface area contributed by atoms with E-state index in [1.165, 1.54) is 23.9 Å². The molecule has 1 amide bonds. The molecule has 114 valence electrons. The number of carbonyl (C=O) groups excluding carboxylic acids is 1. The maximum absolute atomic E-state index is 12.4. The molecule has 0 bridgehead atoms. The van der Waals surface area contributed by atoms with E-state index in [1.807, 2.05) is 0 Å². The van der Waals surface area contributed by atoms with E-state index in [1.54, 1.807) is 30.3 Å². The summed E-state index contributed by atoms with van der Waals surface area (Å²) in [6, 6.07) is 11.0. The summed E-state index contributed by atoms with van der Waals surface area (Å²) in [6.45, 7) is 0. The molecule has 0 aromatic heterocycles. The zero-order chi connectivity index (χ0) is 15.7. The number of anilines is 2. The van der Waals surface area contributed by atoms with E-state index in [0.717, 1.165) is 4.90 Å². The van der Waals surface area contributed by atoms with Gasteiger partial charge in [-0.3, -0.25) is 9.52 Å². The van der Waals surface area contributed by atoms with Gasteiger partial charge in [-0.15, -0.1) is 11.8 Å². The Balaban J connectivity index is 1.90. The Bertz CT molecular complexity index is 836. The van der Waals surface area contributed by atoms with E-state index in [-0.39, 0.29) is 10.8 Å². The molecule has 0 radical (unpaired) electrons. The van der Waals surface area contributed by atoms with Crippen molar-refractivity contribution in [3.8, 4) is 0 Å². The molecule has 0 fully saturated rings. The van der Waals surface area contributed by atoms with Crippen molar-refractivity contribution >= 4 is 50.7 Å². The number of amides is 1. The van der Waals surface area contributed by atoms with Crippen LogP contribution in [0.25, 0.3) is 0 Å². The molecule has 0 saturated heterocycles. The molecule has 5 nitrogen and oxygen atoms in total. The second kappa shape index (κ2) is 5.83. The van der Waals surface area contributed by atoms with E-state index < -0.39 is 10.0 Å². The van der Waals surface area contributed by atoms with Crippen molar-refractivity contribution in [1.29, 1.82) is 0 Å². The summed E-state index contributed by atoms with van der Waals surface area (Å²) in [4.78, 5) is 12.3. The highest BCUT2D eigenvalue weighted by molar-refractivity contribution is 8.00. The van der Waals surface area contributed by atoms with Crippen LogP contribution in [0.5, 0.6) is 0 Å². The molecular weight excluding hydrogens is 344 g/mol. The Kier molecular flexibility index (Phi) is 4.03. The summed E-state index contributed by atoms with van der Waals surface area (Å²) in [5.41, 5.74) is 0.931. The number of nitrogens with one attached hydrogen (secondary N) is 2. The van der Waals surface area contributed by atoms with Crippen LogP contribution in [0.4, 0.5) is 11.4 Å². The fraction of sp³-hybridized carbons (Fsp3) is 0.0714. The Morgan fingerprint density at radius 1 is 1.14 bits per heavy atom. The first-order valence-corrected chi connectivity index (χ1v) is 9.14. The lowest BCUT2D eigenvalue weighted by Crippen LogP contribution is -2.20. The maximum Gasteiger partial charge on any atom is 0.261 e. The van der Waals surface area contributed by atoms with Gasteiger partial charge >= 0.3 is 0 Å². The molecule has 1 aliphatic rings. The summed E-state index contributed by atoms with van der Waals surface area (Å²) >= 11 is 7.15. The van der Waals surface area contributed by atoms with Gasteiger partial charge in [0.05, 0.1) is 16.3 Å². The number of carbonyl (C=O) groups is 1. The Morgan fingerprint density at radius 3 is 2.59 bits per heavy atom. The van der Waals surface area contributed by atoms with Gasteiger partial charge in [-0.1, -0.05) is 11.6 Å². The van der Waals surface area contributed by atoms with Crippen molar-refractivity contribution in [3.05, 3.63) is 47.5 Å². The molecule has 1 heterocycles. The molecule has 22 heavy (non-hydrogen) atoms. The molecule has 0 atom stereocenters. The van der Waals surface area contributed by atoms with Crippen molar-refractivity contribution in [1.82, 2.24) is 0 Å². The van der Waals surface area contributed by atoms with Crippen LogP contribution in [0.3, 0.4) is 0 Å². The van der Waals surface area contributed by atoms with Gasteiger partial charge < -0.3 is 5.32 Å². The van der Waals surface area contributed by atoms with Crippen LogP contribution in [-0.4, -0.2) is 20.1 Å². The lowest BCUT2D eigenvalue weighted by molar-refractivity contribution is -0.113. The largest absolute Gasteiger partial charge is 0.324 e. The molecular formula is C14H11ClN2O3S2. The van der Waals surface area contributed by atoms with Crippen LogP contribution in [0.2, 0.25) is 5.02 Å². The van der Waals surface area contributed by atoms with Crippen LogP contribution in [0.1, 0.15) is 0 Å². The standard InChI is InChI=1S/C14H11ClN2O3S2/c15-9-1-3-10(4-2-9)17-22(19,20)11-5-6-13-12(7-11)16-14(18)8-21-13/h1-7,17H,8H2,(H,16,18). The minimum Gasteiger partial charge on any atom is -0.324 e. The Morgan fingerprint density at radius 2 is 1.86 bits per heavy atom. The van der Waals surface area contributed by atoms with Gasteiger partial charge in [-0.05, 0) is 42.5 Å². The summed E-state index contributed by atoms with van der Waals surface area (Å²) in [5, 5.41) is 3.20. The number of sulfonamides is 1. The number of benzene rings is 2. The first-order valence-electron chi connectivity index (χ1n) is 6.29. The minimum atomic E-state index is -3.73. The van der Waals surface area contributed by atoms with Gasteiger partial charge in [0.2, 0.25) is 5.91 Å². The highest BCUT2D eigenvalue weighted by Gasteiger charge is 2.20. The smallest absolute Gasteiger partial charge is 0.261 e. The summed E-state index contributed by atoms with van der Waals surface area (Å²) in [5.74, 6) is 0.194. The third-order valence-corrected chi connectivity index (χ3v) is 5.70. The molecule has 0 unspecified atom stereocenters. The third-order valence-electron chi connectivity index (χ3n) is 2.99. The topological polar surface area (TPSA) is 75.3 Å². The lowest BCUT2D eigenvalue weighted by atomic mass is 10.3. The van der Waals surface area contributed by atoms with Crippen LogP contribution in [-0.2, 0) is 14.8 Å². The molecule has 2 N–H and O–H groups in total. The van der Waals surface area contributed by atoms with Gasteiger partial charge in [-0.2, -0.15) is 0 Å². The zero-order valence-corrected chi connectivity index (χ0v) is 13.6. The molecule has 3 rings (SSSR count). The van der Waals surface area contributed by atoms with Gasteiger partial charge in [0.15, 0.2) is 0 Å². The van der Waals surface area contributed by atoms with Crippen LogP contribution >= 0.6 is 23.4 Å². The fourth-order valence-electron chi connectivity index (χ4n) is 1.96. The maximum atomic E-state index is 12.4. The predicted molar refractivity (Wildman–Crippen MR) is 88.1 cm³/mol. The second-order valence-electron chi connectivity index (χ2n) is 4.61. The molecule has 0 aliphatic carbocycles. The van der Waals surface area contributed by atoms with Crippen molar-refractivity contribution in [2.45, 2.75) is 9.79 Å². The molecule has 0 spiro atoms. The molecule has 0 saturated carbocycles. The average Bonchev–Trinajstić information content (AvgIpc) is 2.48. The predicted octanol–water partition coefficient (Wildman–Crippen LogP) is 3.19. The third kappa shape index (κ3) is 3.21. The highest BCUT2D eigenvalue weighted by atomic mass is 35.5. The van der Waals surface area contributed by atoms with Gasteiger partial charge in [0.1, 0.15) is 0 Å². The Labute approximate surface area is 137 Å². The van der Waals surface area contributed by atoms with Crippen molar-refractivity contribution in [3.63, 3.8) is 0 Å². The number of hydrogen-bond acceptors (Lipinski definition) is 4. The summed E-state index contributed by atoms with van der Waals surface area (Å²) in [7, 11) is -3.73. The number of fused-ring (bicyclic) bond motifs is 1.